The van der Waals surface area contributed by atoms with Crippen LogP contribution in [0.4, 0.5) is 0 Å². The van der Waals surface area contributed by atoms with Gasteiger partial charge >= 0.3 is 5.97 Å². The molecular formula is C15H18BrNO3. The van der Waals surface area contributed by atoms with E-state index in [-0.39, 0.29) is 11.9 Å². The highest BCUT2D eigenvalue weighted by Gasteiger charge is 2.34. The van der Waals surface area contributed by atoms with Crippen LogP contribution in [0, 0.1) is 0 Å². The SMILES string of the molecule is CCOC(=O)C1CCCN1C(=O)Cc1cccc(Br)c1. The highest BCUT2D eigenvalue weighted by Crippen LogP contribution is 2.20. The van der Waals surface area contributed by atoms with Crippen molar-refractivity contribution in [2.24, 2.45) is 0 Å². The van der Waals surface area contributed by atoms with E-state index < -0.39 is 6.04 Å². The number of carbonyl (C=O) groups excluding carboxylic acids is 2. The average molecular weight is 340 g/mol. The molecule has 4 nitrogen and oxygen atoms in total. The molecule has 0 aromatic heterocycles. The Balaban J connectivity index is 2.02. The topological polar surface area (TPSA) is 46.6 Å². The van der Waals surface area contributed by atoms with Crippen molar-refractivity contribution in [1.29, 1.82) is 0 Å². The van der Waals surface area contributed by atoms with E-state index in [1.54, 1.807) is 11.8 Å². The van der Waals surface area contributed by atoms with Crippen LogP contribution in [0.15, 0.2) is 28.7 Å². The molecule has 2 rings (SSSR count). The fourth-order valence-electron chi connectivity index (χ4n) is 2.47. The molecule has 5 heteroatoms. The Bertz CT molecular complexity index is 504. The lowest BCUT2D eigenvalue weighted by Gasteiger charge is -2.23. The zero-order valence-corrected chi connectivity index (χ0v) is 13.1. The van der Waals surface area contributed by atoms with E-state index in [4.69, 9.17) is 4.74 Å². The second kappa shape index (κ2) is 6.88. The summed E-state index contributed by atoms with van der Waals surface area (Å²) in [5, 5.41) is 0. The number of halogens is 1. The second-order valence-electron chi connectivity index (χ2n) is 4.80. The number of carbonyl (C=O) groups is 2. The fraction of sp³-hybridized carbons (Fsp3) is 0.467. The molecule has 1 aromatic rings. The zero-order valence-electron chi connectivity index (χ0n) is 11.5. The fourth-order valence-corrected chi connectivity index (χ4v) is 2.92. The van der Waals surface area contributed by atoms with E-state index in [2.05, 4.69) is 15.9 Å². The highest BCUT2D eigenvalue weighted by molar-refractivity contribution is 9.10. The van der Waals surface area contributed by atoms with Crippen LogP contribution in [0.5, 0.6) is 0 Å². The van der Waals surface area contributed by atoms with Gasteiger partial charge in [0.25, 0.3) is 0 Å². The minimum absolute atomic E-state index is 0.0151. The molecule has 1 aliphatic heterocycles. The summed E-state index contributed by atoms with van der Waals surface area (Å²) in [5.41, 5.74) is 0.943. The molecule has 0 radical (unpaired) electrons. The summed E-state index contributed by atoms with van der Waals surface area (Å²) in [5.74, 6) is -0.300. The third-order valence-electron chi connectivity index (χ3n) is 3.38. The molecular weight excluding hydrogens is 322 g/mol. The minimum Gasteiger partial charge on any atom is -0.464 e. The van der Waals surface area contributed by atoms with Crippen LogP contribution in [0.3, 0.4) is 0 Å². The van der Waals surface area contributed by atoms with Crippen molar-refractivity contribution >= 4 is 27.8 Å². The summed E-state index contributed by atoms with van der Waals surface area (Å²) in [4.78, 5) is 25.8. The van der Waals surface area contributed by atoms with Crippen LogP contribution in [-0.4, -0.2) is 36.0 Å². The van der Waals surface area contributed by atoms with Gasteiger partial charge in [0.15, 0.2) is 0 Å². The maximum atomic E-state index is 12.3. The minimum atomic E-state index is -0.408. The quantitative estimate of drug-likeness (QED) is 0.792. The number of amides is 1. The van der Waals surface area contributed by atoms with E-state index in [1.807, 2.05) is 24.3 Å². The summed E-state index contributed by atoms with van der Waals surface area (Å²) < 4.78 is 5.99. The first kappa shape index (κ1) is 15.0. The number of rotatable bonds is 4. The van der Waals surface area contributed by atoms with E-state index in [1.165, 1.54) is 0 Å². The monoisotopic (exact) mass is 339 g/mol. The molecule has 0 bridgehead atoms. The van der Waals surface area contributed by atoms with Crippen LogP contribution in [0.2, 0.25) is 0 Å². The third-order valence-corrected chi connectivity index (χ3v) is 3.87. The Morgan fingerprint density at radius 2 is 2.25 bits per heavy atom. The number of hydrogen-bond acceptors (Lipinski definition) is 3. The van der Waals surface area contributed by atoms with E-state index in [0.29, 0.717) is 26.0 Å². The second-order valence-corrected chi connectivity index (χ2v) is 5.72. The molecule has 0 aliphatic carbocycles. The largest absolute Gasteiger partial charge is 0.464 e. The van der Waals surface area contributed by atoms with Crippen molar-refractivity contribution < 1.29 is 14.3 Å². The molecule has 1 fully saturated rings. The summed E-state index contributed by atoms with van der Waals surface area (Å²) >= 11 is 3.39. The van der Waals surface area contributed by atoms with Crippen LogP contribution in [0.1, 0.15) is 25.3 Å². The van der Waals surface area contributed by atoms with Gasteiger partial charge < -0.3 is 9.64 Å². The van der Waals surface area contributed by atoms with Gasteiger partial charge in [0.2, 0.25) is 5.91 Å². The molecule has 1 unspecified atom stereocenters. The normalized spacial score (nSPS) is 18.1. The first-order chi connectivity index (χ1) is 9.61. The van der Waals surface area contributed by atoms with Gasteiger partial charge in [-0.2, -0.15) is 0 Å². The maximum absolute atomic E-state index is 12.3. The molecule has 0 N–H and O–H groups in total. The molecule has 1 amide bonds. The average Bonchev–Trinajstić information content (AvgIpc) is 2.88. The lowest BCUT2D eigenvalue weighted by atomic mass is 10.1. The number of benzene rings is 1. The van der Waals surface area contributed by atoms with Crippen molar-refractivity contribution in [1.82, 2.24) is 4.90 Å². The number of likely N-dealkylation sites (tertiary alicyclic amines) is 1. The van der Waals surface area contributed by atoms with Gasteiger partial charge in [-0.15, -0.1) is 0 Å². The molecule has 1 atom stereocenters. The Morgan fingerprint density at radius 1 is 1.45 bits per heavy atom. The molecule has 0 spiro atoms. The highest BCUT2D eigenvalue weighted by atomic mass is 79.9. The van der Waals surface area contributed by atoms with E-state index in [0.717, 1.165) is 16.5 Å². The van der Waals surface area contributed by atoms with Crippen molar-refractivity contribution in [3.63, 3.8) is 0 Å². The van der Waals surface area contributed by atoms with Gasteiger partial charge in [-0.3, -0.25) is 4.79 Å². The first-order valence-corrected chi connectivity index (χ1v) is 7.61. The summed E-state index contributed by atoms with van der Waals surface area (Å²) in [6.07, 6.45) is 1.87. The Morgan fingerprint density at radius 3 is 2.95 bits per heavy atom. The predicted octanol–water partition coefficient (Wildman–Crippen LogP) is 2.55. The van der Waals surface area contributed by atoms with Gasteiger partial charge in [0.1, 0.15) is 6.04 Å². The van der Waals surface area contributed by atoms with Gasteiger partial charge in [-0.1, -0.05) is 28.1 Å². The smallest absolute Gasteiger partial charge is 0.328 e. The van der Waals surface area contributed by atoms with E-state index in [9.17, 15) is 9.59 Å². The molecule has 108 valence electrons. The molecule has 1 saturated heterocycles. The summed E-state index contributed by atoms with van der Waals surface area (Å²) in [6, 6.07) is 7.26. The number of esters is 1. The third kappa shape index (κ3) is 3.60. The zero-order chi connectivity index (χ0) is 14.5. The number of nitrogens with zero attached hydrogens (tertiary/aromatic N) is 1. The van der Waals surface area contributed by atoms with Crippen molar-refractivity contribution in [3.05, 3.63) is 34.3 Å². The van der Waals surface area contributed by atoms with Crippen molar-refractivity contribution in [3.8, 4) is 0 Å². The van der Waals surface area contributed by atoms with Gasteiger partial charge in [-0.25, -0.2) is 4.79 Å². The van der Waals surface area contributed by atoms with Gasteiger partial charge in [-0.05, 0) is 37.5 Å². The van der Waals surface area contributed by atoms with Crippen LogP contribution < -0.4 is 0 Å². The van der Waals surface area contributed by atoms with Crippen LogP contribution in [0.25, 0.3) is 0 Å². The summed E-state index contributed by atoms with van der Waals surface area (Å²) in [7, 11) is 0. The van der Waals surface area contributed by atoms with Gasteiger partial charge in [0, 0.05) is 11.0 Å². The van der Waals surface area contributed by atoms with E-state index >= 15 is 0 Å². The predicted molar refractivity (Wildman–Crippen MR) is 79.2 cm³/mol. The first-order valence-electron chi connectivity index (χ1n) is 6.82. The maximum Gasteiger partial charge on any atom is 0.328 e. The lowest BCUT2D eigenvalue weighted by Crippen LogP contribution is -2.42. The lowest BCUT2D eigenvalue weighted by molar-refractivity contribution is -0.152. The standard InChI is InChI=1S/C15H18BrNO3/c1-2-20-15(19)13-7-4-8-17(13)14(18)10-11-5-3-6-12(16)9-11/h3,5-6,9,13H,2,4,7-8,10H2,1H3. The Kier molecular flexibility index (Phi) is 5.17. The molecule has 0 saturated carbocycles. The molecule has 1 aromatic carbocycles. The van der Waals surface area contributed by atoms with Crippen molar-refractivity contribution in [2.45, 2.75) is 32.2 Å². The van der Waals surface area contributed by atoms with Crippen LogP contribution in [-0.2, 0) is 20.7 Å². The van der Waals surface area contributed by atoms with Crippen LogP contribution >= 0.6 is 15.9 Å². The molecule has 1 heterocycles. The molecule has 20 heavy (non-hydrogen) atoms. The Labute approximate surface area is 127 Å². The van der Waals surface area contributed by atoms with Crippen molar-refractivity contribution in [2.75, 3.05) is 13.2 Å². The number of ether oxygens (including phenoxy) is 1. The molecule has 1 aliphatic rings. The Hall–Kier alpha value is -1.36. The summed E-state index contributed by atoms with van der Waals surface area (Å²) in [6.45, 7) is 2.76. The van der Waals surface area contributed by atoms with Gasteiger partial charge in [0.05, 0.1) is 13.0 Å². The number of hydrogen-bond donors (Lipinski definition) is 0.